The van der Waals surface area contributed by atoms with Gasteiger partial charge in [-0.3, -0.25) is 9.35 Å². The number of rotatable bonds is 4. The molecule has 1 unspecified atom stereocenters. The van der Waals surface area contributed by atoms with Gasteiger partial charge in [0.25, 0.3) is 0 Å². The van der Waals surface area contributed by atoms with Crippen molar-refractivity contribution in [2.24, 2.45) is 5.73 Å². The van der Waals surface area contributed by atoms with E-state index in [1.165, 1.54) is 6.08 Å². The second kappa shape index (κ2) is 4.45. The monoisotopic (exact) mass is 293 g/mol. The third-order valence-electron chi connectivity index (χ3n) is 2.86. The normalized spacial score (nSPS) is 26.6. The highest BCUT2D eigenvalue weighted by Gasteiger charge is 2.49. The number of nitrogens with zero attached hydrogens (tertiary/aromatic N) is 2. The van der Waals surface area contributed by atoms with Crippen molar-refractivity contribution in [3.05, 3.63) is 11.6 Å². The molecule has 0 aromatic heterocycles. The van der Waals surface area contributed by atoms with Crippen LogP contribution in [0.2, 0.25) is 0 Å². The summed E-state index contributed by atoms with van der Waals surface area (Å²) in [5.74, 6) is -0.873. The van der Waals surface area contributed by atoms with Gasteiger partial charge < -0.3 is 15.7 Å². The summed E-state index contributed by atoms with van der Waals surface area (Å²) in [4.78, 5) is 24.2. The molecule has 1 saturated heterocycles. The van der Waals surface area contributed by atoms with E-state index in [9.17, 15) is 18.0 Å². The molecule has 2 heterocycles. The van der Waals surface area contributed by atoms with Crippen LogP contribution in [-0.4, -0.2) is 65.2 Å². The number of hydrogen-bond acceptors (Lipinski definition) is 6. The highest BCUT2D eigenvalue weighted by molar-refractivity contribution is 7.80. The average molecular weight is 293 g/mol. The van der Waals surface area contributed by atoms with Crippen LogP contribution in [0.4, 0.5) is 4.79 Å². The Morgan fingerprint density at radius 1 is 1.58 bits per heavy atom. The van der Waals surface area contributed by atoms with Crippen molar-refractivity contribution in [3.8, 4) is 0 Å². The molecule has 2 atom stereocenters. The fraction of sp³-hybridized carbons (Fsp3) is 0.500. The Labute approximate surface area is 107 Å². The van der Waals surface area contributed by atoms with Crippen LogP contribution in [0.1, 0.15) is 0 Å². The van der Waals surface area contributed by atoms with Gasteiger partial charge in [-0.2, -0.15) is 13.5 Å². The molecule has 0 saturated carbocycles. The molecule has 0 aliphatic carbocycles. The van der Waals surface area contributed by atoms with Crippen molar-refractivity contribution in [2.45, 2.75) is 12.1 Å². The summed E-state index contributed by atoms with van der Waals surface area (Å²) in [5, 5.41) is 9.48. The van der Waals surface area contributed by atoms with E-state index in [0.717, 1.165) is 4.90 Å². The smallest absolute Gasteiger partial charge is 0.394 e. The zero-order valence-corrected chi connectivity index (χ0v) is 10.3. The Morgan fingerprint density at radius 2 is 2.21 bits per heavy atom. The number of hydrogen-bond donors (Lipinski definition) is 3. The van der Waals surface area contributed by atoms with Crippen LogP contribution in [0, 0.1) is 0 Å². The second-order valence-corrected chi connectivity index (χ2v) is 5.02. The van der Waals surface area contributed by atoms with Crippen molar-refractivity contribution in [1.29, 1.82) is 0 Å². The van der Waals surface area contributed by atoms with E-state index >= 15 is 0 Å². The predicted octanol–water partition coefficient (Wildman–Crippen LogP) is -2.39. The lowest BCUT2D eigenvalue weighted by Crippen LogP contribution is -2.42. The lowest BCUT2D eigenvalue weighted by Gasteiger charge is -2.26. The van der Waals surface area contributed by atoms with Crippen molar-refractivity contribution >= 4 is 22.3 Å². The van der Waals surface area contributed by atoms with Gasteiger partial charge in [0.1, 0.15) is 6.04 Å². The minimum absolute atomic E-state index is 0.0650. The number of hydroxylamine groups is 2. The summed E-state index contributed by atoms with van der Waals surface area (Å²) in [5.41, 5.74) is 5.06. The minimum atomic E-state index is -4.92. The van der Waals surface area contributed by atoms with E-state index in [1.807, 2.05) is 0 Å². The zero-order chi connectivity index (χ0) is 14.4. The van der Waals surface area contributed by atoms with E-state index in [0.29, 0.717) is 5.06 Å². The first-order valence-electron chi connectivity index (χ1n) is 5.14. The molecule has 10 nitrogen and oxygen atoms in total. The van der Waals surface area contributed by atoms with Crippen LogP contribution in [0.15, 0.2) is 11.6 Å². The molecule has 11 heteroatoms. The van der Waals surface area contributed by atoms with Crippen LogP contribution in [-0.2, 0) is 19.5 Å². The molecular formula is C8H11N3O7S. The highest BCUT2D eigenvalue weighted by Crippen LogP contribution is 2.30. The van der Waals surface area contributed by atoms with Crippen LogP contribution < -0.4 is 5.73 Å². The van der Waals surface area contributed by atoms with Gasteiger partial charge in [0.2, 0.25) is 5.91 Å². The first-order chi connectivity index (χ1) is 8.74. The Kier molecular flexibility index (Phi) is 3.22. The second-order valence-electron chi connectivity index (χ2n) is 4.01. The van der Waals surface area contributed by atoms with E-state index in [4.69, 9.17) is 15.4 Å². The molecule has 3 amide bonds. The van der Waals surface area contributed by atoms with Crippen LogP contribution in [0.5, 0.6) is 0 Å². The number of aliphatic hydroxyl groups is 1. The molecule has 19 heavy (non-hydrogen) atoms. The molecular weight excluding hydrogens is 282 g/mol. The summed E-state index contributed by atoms with van der Waals surface area (Å²) >= 11 is 0. The number of carbonyl (C=O) groups excluding carboxylic acids is 2. The molecule has 0 radical (unpaired) electrons. The minimum Gasteiger partial charge on any atom is -0.394 e. The van der Waals surface area contributed by atoms with E-state index in [-0.39, 0.29) is 12.1 Å². The fourth-order valence-corrected chi connectivity index (χ4v) is 2.46. The van der Waals surface area contributed by atoms with Crippen molar-refractivity contribution in [1.82, 2.24) is 9.96 Å². The third-order valence-corrected chi connectivity index (χ3v) is 3.21. The Hall–Kier alpha value is -1.69. The van der Waals surface area contributed by atoms with Gasteiger partial charge in [-0.05, 0) is 6.08 Å². The maximum absolute atomic E-state index is 11.9. The van der Waals surface area contributed by atoms with Crippen molar-refractivity contribution in [3.63, 3.8) is 0 Å². The molecule has 0 spiro atoms. The molecule has 2 bridgehead atoms. The van der Waals surface area contributed by atoms with E-state index in [2.05, 4.69) is 4.28 Å². The van der Waals surface area contributed by atoms with Gasteiger partial charge in [-0.1, -0.05) is 0 Å². The molecule has 2 aliphatic rings. The molecule has 1 fully saturated rings. The van der Waals surface area contributed by atoms with Crippen LogP contribution in [0.3, 0.4) is 0 Å². The molecule has 106 valence electrons. The van der Waals surface area contributed by atoms with Gasteiger partial charge in [0.05, 0.1) is 19.2 Å². The number of nitrogens with two attached hydrogens (primary N) is 1. The first kappa shape index (κ1) is 13.7. The van der Waals surface area contributed by atoms with Gasteiger partial charge in [0.15, 0.2) is 0 Å². The maximum atomic E-state index is 11.9. The number of fused-ring (bicyclic) bond motifs is 2. The summed E-state index contributed by atoms with van der Waals surface area (Å²) in [6.45, 7) is -0.538. The summed E-state index contributed by atoms with van der Waals surface area (Å²) in [6, 6.07) is -2.75. The average Bonchev–Trinajstić information content (AvgIpc) is 2.54. The Morgan fingerprint density at radius 3 is 2.68 bits per heavy atom. The summed E-state index contributed by atoms with van der Waals surface area (Å²) in [6.07, 6.45) is 1.27. The maximum Gasteiger partial charge on any atom is 0.418 e. The number of primary amides is 1. The van der Waals surface area contributed by atoms with Gasteiger partial charge in [-0.25, -0.2) is 4.79 Å². The number of urea groups is 1. The first-order valence-corrected chi connectivity index (χ1v) is 6.50. The Bertz CT molecular complexity index is 557. The summed E-state index contributed by atoms with van der Waals surface area (Å²) < 4.78 is 34.1. The lowest BCUT2D eigenvalue weighted by atomic mass is 10.00. The van der Waals surface area contributed by atoms with Gasteiger partial charge in [-0.15, -0.1) is 4.28 Å². The molecule has 2 aliphatic heterocycles. The topological polar surface area (TPSA) is 150 Å². The number of carbonyl (C=O) groups is 2. The Balaban J connectivity index is 2.39. The van der Waals surface area contributed by atoms with E-state index < -0.39 is 41.0 Å². The highest BCUT2D eigenvalue weighted by atomic mass is 32.3. The van der Waals surface area contributed by atoms with Gasteiger partial charge >= 0.3 is 16.4 Å². The molecule has 4 N–H and O–H groups in total. The molecule has 0 aromatic rings. The van der Waals surface area contributed by atoms with Crippen molar-refractivity contribution < 1.29 is 31.9 Å². The van der Waals surface area contributed by atoms with Gasteiger partial charge in [0, 0.05) is 5.57 Å². The number of amides is 3. The van der Waals surface area contributed by atoms with Crippen LogP contribution >= 0.6 is 0 Å². The fourth-order valence-electron chi connectivity index (χ4n) is 2.09. The number of aliphatic hydroxyl groups excluding tert-OH is 1. The van der Waals surface area contributed by atoms with Crippen LogP contribution in [0.25, 0.3) is 0 Å². The lowest BCUT2D eigenvalue weighted by molar-refractivity contribution is -0.116. The summed E-state index contributed by atoms with van der Waals surface area (Å²) in [7, 11) is -4.92. The molecule has 2 rings (SSSR count). The molecule has 0 aromatic carbocycles. The predicted molar refractivity (Wildman–Crippen MR) is 58.5 cm³/mol. The van der Waals surface area contributed by atoms with E-state index in [1.54, 1.807) is 0 Å². The zero-order valence-electron chi connectivity index (χ0n) is 9.46. The largest absolute Gasteiger partial charge is 0.418 e. The third kappa shape index (κ3) is 2.40. The standard InChI is InChI=1S/C8H11N3O7S/c9-7(13)5-1-4(3-12)10-2-6(5)11(8(10)14)18-19(15,16)17/h1,4,6,12H,2-3H2,(H2,9,13)(H,15,16,17)/t4-,6?/m0/s1. The SMILES string of the molecule is NC(=O)C1=C[C@@H](CO)N2CC1N(OS(=O)(=O)O)C2=O. The quantitative estimate of drug-likeness (QED) is 0.489. The van der Waals surface area contributed by atoms with Crippen molar-refractivity contribution in [2.75, 3.05) is 13.2 Å².